The molecule has 0 aliphatic rings. The van der Waals surface area contributed by atoms with Crippen molar-refractivity contribution < 1.29 is 14.6 Å². The summed E-state index contributed by atoms with van der Waals surface area (Å²) in [6.07, 6.45) is 4.04. The molecule has 0 aliphatic heterocycles. The standard InChI is InChI=1S/C21H24N2O4S/c1-4-6-14-7-8-18(19(9-14)26-3)27-12-15(24)11-23-13-22-20-17(21(23)25)10-16(5-2)28-20/h4,7-10,13,15,24H,1,5-6,11-12H2,2-3H3. The highest BCUT2D eigenvalue weighted by Gasteiger charge is 2.13. The maximum absolute atomic E-state index is 12.6. The predicted molar refractivity (Wildman–Crippen MR) is 112 cm³/mol. The third-order valence-corrected chi connectivity index (χ3v) is 5.55. The second-order valence-corrected chi connectivity index (χ2v) is 7.55. The fourth-order valence-corrected chi connectivity index (χ4v) is 3.83. The number of aliphatic hydroxyl groups excluding tert-OH is 1. The van der Waals surface area contributed by atoms with E-state index in [1.54, 1.807) is 7.11 Å². The molecule has 3 aromatic rings. The lowest BCUT2D eigenvalue weighted by Crippen LogP contribution is -2.30. The average molecular weight is 401 g/mol. The van der Waals surface area contributed by atoms with Gasteiger partial charge in [0.25, 0.3) is 5.56 Å². The van der Waals surface area contributed by atoms with Crippen LogP contribution >= 0.6 is 11.3 Å². The van der Waals surface area contributed by atoms with Crippen molar-refractivity contribution in [1.82, 2.24) is 9.55 Å². The summed E-state index contributed by atoms with van der Waals surface area (Å²) < 4.78 is 12.5. The van der Waals surface area contributed by atoms with E-state index in [0.717, 1.165) is 28.1 Å². The summed E-state index contributed by atoms with van der Waals surface area (Å²) in [5.41, 5.74) is 0.916. The summed E-state index contributed by atoms with van der Waals surface area (Å²) >= 11 is 1.52. The molecule has 0 aliphatic carbocycles. The maximum atomic E-state index is 12.6. The van der Waals surface area contributed by atoms with Gasteiger partial charge >= 0.3 is 0 Å². The van der Waals surface area contributed by atoms with Gasteiger partial charge in [0.2, 0.25) is 0 Å². The molecule has 0 fully saturated rings. The Morgan fingerprint density at radius 3 is 2.89 bits per heavy atom. The largest absolute Gasteiger partial charge is 0.493 e. The van der Waals surface area contributed by atoms with Crippen molar-refractivity contribution in [1.29, 1.82) is 0 Å². The molecule has 7 heteroatoms. The first kappa shape index (κ1) is 20.1. The first-order valence-corrected chi connectivity index (χ1v) is 9.93. The molecule has 0 bridgehead atoms. The number of thiophene rings is 1. The molecule has 0 saturated heterocycles. The van der Waals surface area contributed by atoms with E-state index in [1.165, 1.54) is 22.2 Å². The highest BCUT2D eigenvalue weighted by Crippen LogP contribution is 2.28. The van der Waals surface area contributed by atoms with Gasteiger partial charge in [0.15, 0.2) is 11.5 Å². The number of hydrogen-bond acceptors (Lipinski definition) is 6. The molecule has 148 valence electrons. The zero-order valence-corrected chi connectivity index (χ0v) is 16.9. The molecule has 1 unspecified atom stereocenters. The number of hydrogen-bond donors (Lipinski definition) is 1. The Bertz CT molecular complexity index is 1020. The molecule has 1 N–H and O–H groups in total. The Kier molecular flexibility index (Phi) is 6.49. The van der Waals surface area contributed by atoms with Crippen LogP contribution in [0, 0.1) is 0 Å². The van der Waals surface area contributed by atoms with E-state index >= 15 is 0 Å². The lowest BCUT2D eigenvalue weighted by atomic mass is 10.1. The van der Waals surface area contributed by atoms with Gasteiger partial charge in [0.1, 0.15) is 17.5 Å². The van der Waals surface area contributed by atoms with Crippen LogP contribution in [0.2, 0.25) is 0 Å². The van der Waals surface area contributed by atoms with Crippen LogP contribution in [0.5, 0.6) is 11.5 Å². The van der Waals surface area contributed by atoms with Crippen molar-refractivity contribution >= 4 is 21.6 Å². The van der Waals surface area contributed by atoms with Crippen LogP contribution in [0.25, 0.3) is 10.2 Å². The number of benzene rings is 1. The summed E-state index contributed by atoms with van der Waals surface area (Å²) in [5.74, 6) is 1.14. The van der Waals surface area contributed by atoms with Gasteiger partial charge in [-0.25, -0.2) is 4.98 Å². The number of allylic oxidation sites excluding steroid dienone is 1. The number of aromatic nitrogens is 2. The van der Waals surface area contributed by atoms with E-state index in [9.17, 15) is 9.90 Å². The smallest absolute Gasteiger partial charge is 0.262 e. The first-order chi connectivity index (χ1) is 13.5. The average Bonchev–Trinajstić information content (AvgIpc) is 3.13. The summed E-state index contributed by atoms with van der Waals surface area (Å²) in [7, 11) is 1.57. The first-order valence-electron chi connectivity index (χ1n) is 9.12. The van der Waals surface area contributed by atoms with E-state index in [-0.39, 0.29) is 18.7 Å². The SMILES string of the molecule is C=CCc1ccc(OCC(O)Cn2cnc3sc(CC)cc3c2=O)c(OC)c1. The van der Waals surface area contributed by atoms with Crippen LogP contribution < -0.4 is 15.0 Å². The molecule has 0 spiro atoms. The Morgan fingerprint density at radius 1 is 1.36 bits per heavy atom. The Labute approximate surface area is 167 Å². The van der Waals surface area contributed by atoms with E-state index in [2.05, 4.69) is 11.6 Å². The number of ether oxygens (including phenoxy) is 2. The summed E-state index contributed by atoms with van der Waals surface area (Å²) in [4.78, 5) is 18.8. The summed E-state index contributed by atoms with van der Waals surface area (Å²) in [6.45, 7) is 5.91. The van der Waals surface area contributed by atoms with E-state index < -0.39 is 6.10 Å². The van der Waals surface area contributed by atoms with Gasteiger partial charge in [-0.1, -0.05) is 19.1 Å². The van der Waals surface area contributed by atoms with Gasteiger partial charge in [-0.3, -0.25) is 9.36 Å². The van der Waals surface area contributed by atoms with E-state index in [4.69, 9.17) is 9.47 Å². The van der Waals surface area contributed by atoms with Crippen LogP contribution in [0.15, 0.2) is 48.0 Å². The fraction of sp³-hybridized carbons (Fsp3) is 0.333. The minimum atomic E-state index is -0.862. The molecule has 2 aromatic heterocycles. The zero-order chi connectivity index (χ0) is 20.1. The van der Waals surface area contributed by atoms with Gasteiger partial charge in [-0.2, -0.15) is 0 Å². The van der Waals surface area contributed by atoms with Crippen molar-refractivity contribution in [3.63, 3.8) is 0 Å². The van der Waals surface area contributed by atoms with E-state index in [1.807, 2.05) is 37.3 Å². The molecule has 6 nitrogen and oxygen atoms in total. The van der Waals surface area contributed by atoms with Gasteiger partial charge < -0.3 is 14.6 Å². The molecule has 28 heavy (non-hydrogen) atoms. The van der Waals surface area contributed by atoms with E-state index in [0.29, 0.717) is 16.9 Å². The minimum Gasteiger partial charge on any atom is -0.493 e. The third-order valence-electron chi connectivity index (χ3n) is 4.36. The molecular formula is C21H24N2O4S. The van der Waals surface area contributed by atoms with Crippen molar-refractivity contribution in [2.75, 3.05) is 13.7 Å². The molecule has 2 heterocycles. The number of fused-ring (bicyclic) bond motifs is 1. The predicted octanol–water partition coefficient (Wildman–Crippen LogP) is 3.20. The number of nitrogens with zero attached hydrogens (tertiary/aromatic N) is 2. The van der Waals surface area contributed by atoms with Crippen LogP contribution in [0.4, 0.5) is 0 Å². The van der Waals surface area contributed by atoms with Crippen LogP contribution in [0.3, 0.4) is 0 Å². The van der Waals surface area contributed by atoms with Crippen molar-refractivity contribution in [2.45, 2.75) is 32.4 Å². The zero-order valence-electron chi connectivity index (χ0n) is 16.1. The fourth-order valence-electron chi connectivity index (χ4n) is 2.90. The lowest BCUT2D eigenvalue weighted by molar-refractivity contribution is 0.0900. The minimum absolute atomic E-state index is 0.0332. The number of methoxy groups -OCH3 is 1. The molecule has 0 saturated carbocycles. The lowest BCUT2D eigenvalue weighted by Gasteiger charge is -2.16. The van der Waals surface area contributed by atoms with Gasteiger partial charge in [-0.05, 0) is 36.6 Å². The quantitative estimate of drug-likeness (QED) is 0.559. The number of aryl methyl sites for hydroxylation is 1. The molecule has 1 atom stereocenters. The van der Waals surface area contributed by atoms with Crippen LogP contribution in [-0.2, 0) is 19.4 Å². The summed E-state index contributed by atoms with van der Waals surface area (Å²) in [5, 5.41) is 10.9. The second kappa shape index (κ2) is 9.03. The number of rotatable bonds is 9. The van der Waals surface area contributed by atoms with Crippen molar-refractivity contribution in [3.05, 3.63) is 64.0 Å². The van der Waals surface area contributed by atoms with Crippen molar-refractivity contribution in [3.8, 4) is 11.5 Å². The molecule has 0 radical (unpaired) electrons. The highest BCUT2D eigenvalue weighted by atomic mass is 32.1. The molecule has 0 amide bonds. The Hall–Kier alpha value is -2.64. The highest BCUT2D eigenvalue weighted by molar-refractivity contribution is 7.18. The van der Waals surface area contributed by atoms with Gasteiger partial charge in [0, 0.05) is 4.88 Å². The topological polar surface area (TPSA) is 73.6 Å². The van der Waals surface area contributed by atoms with Crippen molar-refractivity contribution in [2.24, 2.45) is 0 Å². The Morgan fingerprint density at radius 2 is 2.18 bits per heavy atom. The van der Waals surface area contributed by atoms with Crippen LogP contribution in [-0.4, -0.2) is 34.5 Å². The number of aliphatic hydroxyl groups is 1. The normalized spacial score (nSPS) is 12.1. The third kappa shape index (κ3) is 4.43. The monoisotopic (exact) mass is 400 g/mol. The molecular weight excluding hydrogens is 376 g/mol. The van der Waals surface area contributed by atoms with Gasteiger partial charge in [-0.15, -0.1) is 17.9 Å². The van der Waals surface area contributed by atoms with Gasteiger partial charge in [0.05, 0.1) is 25.4 Å². The van der Waals surface area contributed by atoms with Crippen LogP contribution in [0.1, 0.15) is 17.4 Å². The Balaban J connectivity index is 1.68. The summed E-state index contributed by atoms with van der Waals surface area (Å²) in [6, 6.07) is 7.50. The maximum Gasteiger partial charge on any atom is 0.262 e. The molecule has 3 rings (SSSR count). The molecule has 1 aromatic carbocycles. The second-order valence-electron chi connectivity index (χ2n) is 6.43.